The third-order valence-electron chi connectivity index (χ3n) is 6.15. The number of carbonyl (C=O) groups excluding carboxylic acids is 1. The van der Waals surface area contributed by atoms with Crippen LogP contribution in [-0.2, 0) is 34.0 Å². The number of hydrogen-bond acceptors (Lipinski definition) is 7. The van der Waals surface area contributed by atoms with Crippen molar-refractivity contribution in [1.82, 2.24) is 24.8 Å². The van der Waals surface area contributed by atoms with Crippen LogP contribution in [0, 0.1) is 11.8 Å². The number of imidazole rings is 1. The second-order valence-corrected chi connectivity index (χ2v) is 8.93. The molecule has 0 spiro atoms. The van der Waals surface area contributed by atoms with Crippen molar-refractivity contribution in [3.8, 4) is 0 Å². The number of nitrogens with one attached hydrogen (secondary N) is 1. The molecule has 2 aromatic heterocycles. The number of carboxylic acid groups (broad SMARTS) is 1. The van der Waals surface area contributed by atoms with E-state index in [1.807, 2.05) is 22.7 Å². The van der Waals surface area contributed by atoms with E-state index in [4.69, 9.17) is 14.6 Å². The molecule has 10 nitrogen and oxygen atoms in total. The number of rotatable bonds is 6. The first-order valence-corrected chi connectivity index (χ1v) is 11.5. The van der Waals surface area contributed by atoms with Gasteiger partial charge in [-0.05, 0) is 12.3 Å². The number of carbonyl (C=O) groups is 2. The zero-order valence-corrected chi connectivity index (χ0v) is 20.2. The predicted octanol–water partition coefficient (Wildman–Crippen LogP) is 2.45. The van der Waals surface area contributed by atoms with E-state index in [-0.39, 0.29) is 36.1 Å². The summed E-state index contributed by atoms with van der Waals surface area (Å²) in [6.07, 6.45) is -3.47. The topological polar surface area (TPSA) is 122 Å². The molecule has 0 saturated carbocycles. The van der Waals surface area contributed by atoms with Crippen molar-refractivity contribution in [2.45, 2.75) is 37.7 Å². The molecule has 0 radical (unpaired) electrons. The molecule has 3 atom stereocenters. The van der Waals surface area contributed by atoms with Gasteiger partial charge >= 0.3 is 18.3 Å². The van der Waals surface area contributed by atoms with E-state index < -0.39 is 24.0 Å². The zero-order valence-electron chi connectivity index (χ0n) is 20.2. The molecule has 0 unspecified atom stereocenters. The van der Waals surface area contributed by atoms with Crippen molar-refractivity contribution in [3.63, 3.8) is 0 Å². The molecule has 210 valence electrons. The maximum atomic E-state index is 12.9. The van der Waals surface area contributed by atoms with Crippen LogP contribution >= 0.6 is 0 Å². The average Bonchev–Trinajstić information content (AvgIpc) is 3.43. The minimum Gasteiger partial charge on any atom is -0.475 e. The Balaban J connectivity index is 0.000000505. The monoisotopic (exact) mass is 552 g/mol. The van der Waals surface area contributed by atoms with Gasteiger partial charge < -0.3 is 24.6 Å². The normalized spacial score (nSPS) is 21.3. The number of alkyl halides is 6. The summed E-state index contributed by atoms with van der Waals surface area (Å²) in [6.45, 7) is 2.12. The minimum atomic E-state index is -5.08. The van der Waals surface area contributed by atoms with Gasteiger partial charge in [-0.2, -0.15) is 26.3 Å². The van der Waals surface area contributed by atoms with Crippen LogP contribution in [-0.4, -0.2) is 75.0 Å². The number of aromatic nitrogens is 4. The second kappa shape index (κ2) is 12.0. The highest BCUT2D eigenvalue weighted by Crippen LogP contribution is 2.37. The quantitative estimate of drug-likeness (QED) is 0.525. The number of nitrogens with zero attached hydrogens (tertiary/aromatic N) is 5. The van der Waals surface area contributed by atoms with Gasteiger partial charge in [0.15, 0.2) is 0 Å². The minimum absolute atomic E-state index is 0.0605. The third kappa shape index (κ3) is 8.03. The number of piperidine rings is 1. The van der Waals surface area contributed by atoms with Gasteiger partial charge in [0.05, 0.1) is 31.2 Å². The largest absolute Gasteiger partial charge is 0.490 e. The fraction of sp³-hybridized carbons (Fsp3) is 0.591. The standard InChI is InChI=1S/C20H25F3N6O2.C2HF3O2/c1-28-9-14(27-12-28)2-4-24-19(30)6-16-15-3-5-29(8-13(15)10-31-16)18-7-17(20(21,22)23)25-11-26-18;3-2(4,5)1(6)7/h7,9,11-13,15-16H,2-6,8,10H2,1H3,(H,24,30);(H,6,7)/t13-,15-,16+;/m1./s1. The molecule has 38 heavy (non-hydrogen) atoms. The molecule has 0 aromatic carbocycles. The highest BCUT2D eigenvalue weighted by atomic mass is 19.4. The van der Waals surface area contributed by atoms with Gasteiger partial charge in [0, 0.05) is 51.3 Å². The average molecular weight is 552 g/mol. The molecule has 2 saturated heterocycles. The SMILES string of the molecule is Cn1cnc(CCNC(=O)C[C@@H]2OC[C@H]3CN(c4cc(C(F)(F)F)ncn4)CC[C@H]32)c1.O=C(O)C(F)(F)F. The molecule has 2 fully saturated rings. The van der Waals surface area contributed by atoms with Crippen LogP contribution in [0.4, 0.5) is 32.2 Å². The van der Waals surface area contributed by atoms with Crippen molar-refractivity contribution in [1.29, 1.82) is 0 Å². The molecule has 2 aliphatic rings. The number of ether oxygens (including phenoxy) is 1. The number of halogens is 6. The number of carboxylic acids is 1. The summed E-state index contributed by atoms with van der Waals surface area (Å²) in [6, 6.07) is 0.989. The number of aliphatic carboxylic acids is 1. The number of anilines is 1. The Labute approximate surface area is 213 Å². The number of hydrogen-bond donors (Lipinski definition) is 2. The summed E-state index contributed by atoms with van der Waals surface area (Å²) in [5.74, 6) is -2.18. The molecular formula is C22H26F6N6O4. The van der Waals surface area contributed by atoms with Crippen LogP contribution in [0.2, 0.25) is 0 Å². The number of amides is 1. The summed E-state index contributed by atoms with van der Waals surface area (Å²) in [4.78, 5) is 34.7. The highest BCUT2D eigenvalue weighted by Gasteiger charge is 2.42. The molecular weight excluding hydrogens is 526 g/mol. The molecule has 0 bridgehead atoms. The molecule has 2 aromatic rings. The Morgan fingerprint density at radius 1 is 1.18 bits per heavy atom. The zero-order chi connectivity index (χ0) is 28.1. The lowest BCUT2D eigenvalue weighted by molar-refractivity contribution is -0.192. The lowest BCUT2D eigenvalue weighted by atomic mass is 9.83. The fourth-order valence-electron chi connectivity index (χ4n) is 4.36. The van der Waals surface area contributed by atoms with Crippen LogP contribution in [0.5, 0.6) is 0 Å². The fourth-order valence-corrected chi connectivity index (χ4v) is 4.36. The van der Waals surface area contributed by atoms with Crippen LogP contribution in [0.25, 0.3) is 0 Å². The Morgan fingerprint density at radius 2 is 1.89 bits per heavy atom. The Hall–Kier alpha value is -3.43. The summed E-state index contributed by atoms with van der Waals surface area (Å²) in [5.41, 5.74) is -0.0201. The van der Waals surface area contributed by atoms with Crippen molar-refractivity contribution >= 4 is 17.7 Å². The van der Waals surface area contributed by atoms with Crippen molar-refractivity contribution in [2.24, 2.45) is 18.9 Å². The van der Waals surface area contributed by atoms with E-state index in [1.54, 1.807) is 6.33 Å². The van der Waals surface area contributed by atoms with Gasteiger partial charge in [0.25, 0.3) is 0 Å². The molecule has 4 heterocycles. The molecule has 2 N–H and O–H groups in total. The van der Waals surface area contributed by atoms with E-state index in [0.717, 1.165) is 24.5 Å². The van der Waals surface area contributed by atoms with Gasteiger partial charge in [-0.15, -0.1) is 0 Å². The number of fused-ring (bicyclic) bond motifs is 1. The van der Waals surface area contributed by atoms with Crippen LogP contribution in [0.3, 0.4) is 0 Å². The Morgan fingerprint density at radius 3 is 2.50 bits per heavy atom. The highest BCUT2D eigenvalue weighted by molar-refractivity contribution is 5.76. The molecule has 4 rings (SSSR count). The van der Waals surface area contributed by atoms with Crippen LogP contribution < -0.4 is 10.2 Å². The van der Waals surface area contributed by atoms with E-state index in [0.29, 0.717) is 32.7 Å². The van der Waals surface area contributed by atoms with Gasteiger partial charge in [0.1, 0.15) is 17.8 Å². The summed E-state index contributed by atoms with van der Waals surface area (Å²) in [5, 5.41) is 10.0. The molecule has 16 heteroatoms. The first-order valence-electron chi connectivity index (χ1n) is 11.5. The lowest BCUT2D eigenvalue weighted by Gasteiger charge is -2.36. The summed E-state index contributed by atoms with van der Waals surface area (Å²) < 4.78 is 78.3. The van der Waals surface area contributed by atoms with E-state index in [2.05, 4.69) is 20.3 Å². The first kappa shape index (κ1) is 29.1. The molecule has 1 amide bonds. The Kier molecular flexibility index (Phi) is 9.17. The van der Waals surface area contributed by atoms with Gasteiger partial charge in [-0.1, -0.05) is 0 Å². The van der Waals surface area contributed by atoms with E-state index in [9.17, 15) is 31.1 Å². The molecule has 0 aliphatic carbocycles. The Bertz CT molecular complexity index is 1110. The maximum absolute atomic E-state index is 12.9. The van der Waals surface area contributed by atoms with Crippen molar-refractivity contribution in [3.05, 3.63) is 36.3 Å². The smallest absolute Gasteiger partial charge is 0.475 e. The molecule has 2 aliphatic heterocycles. The number of aryl methyl sites for hydroxylation is 1. The van der Waals surface area contributed by atoms with Gasteiger partial charge in [0.2, 0.25) is 5.91 Å². The second-order valence-electron chi connectivity index (χ2n) is 8.93. The lowest BCUT2D eigenvalue weighted by Crippen LogP contribution is -2.43. The summed E-state index contributed by atoms with van der Waals surface area (Å²) in [7, 11) is 1.90. The van der Waals surface area contributed by atoms with Crippen molar-refractivity contribution < 1.29 is 45.8 Å². The summed E-state index contributed by atoms with van der Waals surface area (Å²) >= 11 is 0. The van der Waals surface area contributed by atoms with Crippen LogP contribution in [0.15, 0.2) is 24.9 Å². The van der Waals surface area contributed by atoms with Crippen molar-refractivity contribution in [2.75, 3.05) is 31.1 Å². The first-order chi connectivity index (χ1) is 17.7. The predicted molar refractivity (Wildman–Crippen MR) is 119 cm³/mol. The van der Waals surface area contributed by atoms with Crippen LogP contribution in [0.1, 0.15) is 24.2 Å². The third-order valence-corrected chi connectivity index (χ3v) is 6.15. The van der Waals surface area contributed by atoms with E-state index in [1.165, 1.54) is 0 Å². The van der Waals surface area contributed by atoms with Gasteiger partial charge in [-0.3, -0.25) is 4.79 Å². The van der Waals surface area contributed by atoms with E-state index >= 15 is 0 Å². The van der Waals surface area contributed by atoms with Gasteiger partial charge in [-0.25, -0.2) is 19.7 Å². The maximum Gasteiger partial charge on any atom is 0.490 e.